The lowest BCUT2D eigenvalue weighted by Gasteiger charge is -2.12. The van der Waals surface area contributed by atoms with E-state index in [0.717, 1.165) is 11.3 Å². The fourth-order valence-electron chi connectivity index (χ4n) is 1.55. The van der Waals surface area contributed by atoms with Crippen LogP contribution in [0.1, 0.15) is 11.7 Å². The third-order valence-corrected chi connectivity index (χ3v) is 7.05. The highest BCUT2D eigenvalue weighted by atomic mass is 79.9. The van der Waals surface area contributed by atoms with Gasteiger partial charge < -0.3 is 10.8 Å². The average Bonchev–Trinajstić information content (AvgIpc) is 2.78. The first-order valence-corrected chi connectivity index (χ1v) is 9.24. The first-order chi connectivity index (χ1) is 9.79. The van der Waals surface area contributed by atoms with Gasteiger partial charge in [0.25, 0.3) is 0 Å². The number of sulfonamides is 1. The summed E-state index contributed by atoms with van der Waals surface area (Å²) in [6, 6.07) is 7.93. The Bertz CT molecular complexity index is 712. The van der Waals surface area contributed by atoms with Crippen LogP contribution in [0.2, 0.25) is 5.02 Å². The molecule has 5 nitrogen and oxygen atoms in total. The number of aliphatic hydroxyl groups excluding tert-OH is 1. The van der Waals surface area contributed by atoms with Gasteiger partial charge in [-0.15, -0.1) is 11.3 Å². The standard InChI is InChI=1S/C12H12BrClN2O3S2/c13-12-9(14)5-11(20-12)21(18,19)16-6-10(17)7-1-3-8(15)4-2-7/h1-5,10,16-17H,6,15H2. The van der Waals surface area contributed by atoms with Crippen LogP contribution in [0, 0.1) is 0 Å². The van der Waals surface area contributed by atoms with E-state index in [4.69, 9.17) is 17.3 Å². The Labute approximate surface area is 139 Å². The zero-order valence-corrected chi connectivity index (χ0v) is 14.6. The minimum absolute atomic E-state index is 0.0869. The van der Waals surface area contributed by atoms with Crippen molar-refractivity contribution >= 4 is 54.6 Å². The molecule has 0 aliphatic rings. The van der Waals surface area contributed by atoms with Crippen molar-refractivity contribution in [3.8, 4) is 0 Å². The second kappa shape index (κ2) is 6.64. The molecule has 1 unspecified atom stereocenters. The molecule has 0 bridgehead atoms. The van der Waals surface area contributed by atoms with E-state index in [1.54, 1.807) is 24.3 Å². The van der Waals surface area contributed by atoms with Crippen LogP contribution in [0.4, 0.5) is 5.69 Å². The number of nitrogens with one attached hydrogen (secondary N) is 1. The fraction of sp³-hybridized carbons (Fsp3) is 0.167. The van der Waals surface area contributed by atoms with Gasteiger partial charge in [-0.1, -0.05) is 23.7 Å². The Morgan fingerprint density at radius 3 is 2.52 bits per heavy atom. The molecule has 0 spiro atoms. The van der Waals surface area contributed by atoms with E-state index in [1.807, 2.05) is 0 Å². The molecule has 2 rings (SSSR count). The molecule has 1 heterocycles. The van der Waals surface area contributed by atoms with Gasteiger partial charge >= 0.3 is 0 Å². The lowest BCUT2D eigenvalue weighted by atomic mass is 10.1. The highest BCUT2D eigenvalue weighted by molar-refractivity contribution is 9.11. The largest absolute Gasteiger partial charge is 0.399 e. The number of aliphatic hydroxyl groups is 1. The predicted molar refractivity (Wildman–Crippen MR) is 88.0 cm³/mol. The molecular formula is C12H12BrClN2O3S2. The summed E-state index contributed by atoms with van der Waals surface area (Å²) in [4.78, 5) is 0. The minimum atomic E-state index is -3.70. The van der Waals surface area contributed by atoms with Crippen LogP contribution < -0.4 is 10.5 Å². The van der Waals surface area contributed by atoms with E-state index < -0.39 is 16.1 Å². The lowest BCUT2D eigenvalue weighted by molar-refractivity contribution is 0.182. The average molecular weight is 412 g/mol. The van der Waals surface area contributed by atoms with Gasteiger partial charge in [-0.3, -0.25) is 0 Å². The summed E-state index contributed by atoms with van der Waals surface area (Å²) in [7, 11) is -3.70. The van der Waals surface area contributed by atoms with Gasteiger partial charge in [0.1, 0.15) is 4.21 Å². The Morgan fingerprint density at radius 1 is 1.38 bits per heavy atom. The highest BCUT2D eigenvalue weighted by Crippen LogP contribution is 2.34. The molecule has 0 saturated heterocycles. The molecule has 2 aromatic rings. The van der Waals surface area contributed by atoms with Crippen molar-refractivity contribution in [2.45, 2.75) is 10.3 Å². The summed E-state index contributed by atoms with van der Waals surface area (Å²) in [6.07, 6.45) is -0.959. The summed E-state index contributed by atoms with van der Waals surface area (Å²) in [5.74, 6) is 0. The van der Waals surface area contributed by atoms with Crippen molar-refractivity contribution in [2.24, 2.45) is 0 Å². The summed E-state index contributed by atoms with van der Waals surface area (Å²) in [6.45, 7) is -0.139. The van der Waals surface area contributed by atoms with Gasteiger partial charge in [-0.25, -0.2) is 13.1 Å². The van der Waals surface area contributed by atoms with Gasteiger partial charge in [0.2, 0.25) is 10.0 Å². The third-order valence-electron chi connectivity index (χ3n) is 2.68. The first-order valence-electron chi connectivity index (χ1n) is 5.77. The van der Waals surface area contributed by atoms with Gasteiger partial charge in [0, 0.05) is 12.2 Å². The van der Waals surface area contributed by atoms with E-state index in [0.29, 0.717) is 20.1 Å². The maximum atomic E-state index is 12.1. The highest BCUT2D eigenvalue weighted by Gasteiger charge is 2.20. The molecule has 1 aromatic heterocycles. The zero-order chi connectivity index (χ0) is 15.6. The van der Waals surface area contributed by atoms with Crippen LogP contribution in [0.3, 0.4) is 0 Å². The van der Waals surface area contributed by atoms with Crippen LogP contribution in [-0.4, -0.2) is 20.1 Å². The number of nitrogen functional groups attached to an aromatic ring is 1. The van der Waals surface area contributed by atoms with Crippen molar-refractivity contribution in [3.05, 3.63) is 44.7 Å². The summed E-state index contributed by atoms with van der Waals surface area (Å²) in [5, 5.41) is 10.3. The SMILES string of the molecule is Nc1ccc(C(O)CNS(=O)(=O)c2cc(Cl)c(Br)s2)cc1. The molecule has 0 radical (unpaired) electrons. The molecule has 0 aliphatic heterocycles. The molecule has 0 fully saturated rings. The molecule has 1 atom stereocenters. The summed E-state index contributed by atoms with van der Waals surface area (Å²) < 4.78 is 27.1. The van der Waals surface area contributed by atoms with Crippen molar-refractivity contribution in [3.63, 3.8) is 0 Å². The summed E-state index contributed by atoms with van der Waals surface area (Å²) >= 11 is 9.99. The summed E-state index contributed by atoms with van der Waals surface area (Å²) in [5.41, 5.74) is 6.71. The second-order valence-electron chi connectivity index (χ2n) is 4.22. The second-order valence-corrected chi connectivity index (χ2v) is 8.99. The van der Waals surface area contributed by atoms with Crippen molar-refractivity contribution in [2.75, 3.05) is 12.3 Å². The van der Waals surface area contributed by atoms with Crippen molar-refractivity contribution in [1.29, 1.82) is 0 Å². The Kier molecular flexibility index (Phi) is 5.29. The smallest absolute Gasteiger partial charge is 0.250 e. The predicted octanol–water partition coefficient (Wildman–Crippen LogP) is 2.76. The molecule has 1 aromatic carbocycles. The van der Waals surface area contributed by atoms with Crippen LogP contribution >= 0.6 is 38.9 Å². The van der Waals surface area contributed by atoms with Crippen LogP contribution in [0.25, 0.3) is 0 Å². The van der Waals surface area contributed by atoms with E-state index in [-0.39, 0.29) is 10.8 Å². The molecule has 0 saturated carbocycles. The number of halogens is 2. The van der Waals surface area contributed by atoms with E-state index in [9.17, 15) is 13.5 Å². The topological polar surface area (TPSA) is 92.4 Å². The quantitative estimate of drug-likeness (QED) is 0.660. The van der Waals surface area contributed by atoms with E-state index >= 15 is 0 Å². The van der Waals surface area contributed by atoms with E-state index in [2.05, 4.69) is 20.7 Å². The maximum Gasteiger partial charge on any atom is 0.250 e. The van der Waals surface area contributed by atoms with Crippen LogP contribution in [0.5, 0.6) is 0 Å². The normalized spacial score (nSPS) is 13.3. The van der Waals surface area contributed by atoms with Crippen LogP contribution in [0.15, 0.2) is 38.3 Å². The minimum Gasteiger partial charge on any atom is -0.399 e. The fourth-order valence-corrected chi connectivity index (χ4v) is 5.04. The molecule has 21 heavy (non-hydrogen) atoms. The molecule has 114 valence electrons. The number of nitrogens with two attached hydrogens (primary N) is 1. The Balaban J connectivity index is 2.06. The molecule has 0 amide bonds. The number of rotatable bonds is 5. The van der Waals surface area contributed by atoms with E-state index in [1.165, 1.54) is 6.07 Å². The van der Waals surface area contributed by atoms with Crippen molar-refractivity contribution in [1.82, 2.24) is 4.72 Å². The molecule has 4 N–H and O–H groups in total. The monoisotopic (exact) mass is 410 g/mol. The van der Waals surface area contributed by atoms with Gasteiger partial charge in [-0.2, -0.15) is 0 Å². The number of hydrogen-bond acceptors (Lipinski definition) is 5. The lowest BCUT2D eigenvalue weighted by Crippen LogP contribution is -2.28. The Morgan fingerprint density at radius 2 is 2.00 bits per heavy atom. The Hall–Kier alpha value is -0.640. The zero-order valence-electron chi connectivity index (χ0n) is 10.6. The third kappa shape index (κ3) is 4.18. The molecule has 9 heteroatoms. The molecule has 0 aliphatic carbocycles. The van der Waals surface area contributed by atoms with Gasteiger partial charge in [0.15, 0.2) is 0 Å². The number of thiophene rings is 1. The van der Waals surface area contributed by atoms with Crippen LogP contribution in [-0.2, 0) is 10.0 Å². The maximum absolute atomic E-state index is 12.1. The number of benzene rings is 1. The number of anilines is 1. The molecular weight excluding hydrogens is 400 g/mol. The van der Waals surface area contributed by atoms with Gasteiger partial charge in [0.05, 0.1) is 14.9 Å². The first kappa shape index (κ1) is 16.7. The van der Waals surface area contributed by atoms with Gasteiger partial charge in [-0.05, 0) is 39.7 Å². The van der Waals surface area contributed by atoms with Crippen molar-refractivity contribution < 1.29 is 13.5 Å². The number of hydrogen-bond donors (Lipinski definition) is 3.